The van der Waals surface area contributed by atoms with Gasteiger partial charge in [0.05, 0.1) is 19.4 Å². The molecule has 0 spiro atoms. The van der Waals surface area contributed by atoms with Crippen molar-refractivity contribution in [1.82, 2.24) is 14.3 Å². The highest BCUT2D eigenvalue weighted by Gasteiger charge is 2.41. The zero-order chi connectivity index (χ0) is 26.4. The van der Waals surface area contributed by atoms with Crippen molar-refractivity contribution >= 4 is 35.4 Å². The second-order valence-electron chi connectivity index (χ2n) is 12.6. The summed E-state index contributed by atoms with van der Waals surface area (Å²) in [7, 11) is -1.15. The van der Waals surface area contributed by atoms with Gasteiger partial charge >= 0.3 is 0 Å². The van der Waals surface area contributed by atoms with Crippen LogP contribution in [-0.2, 0) is 32.3 Å². The van der Waals surface area contributed by atoms with E-state index >= 15 is 0 Å². The predicted molar refractivity (Wildman–Crippen MR) is 153 cm³/mol. The van der Waals surface area contributed by atoms with Crippen molar-refractivity contribution in [3.05, 3.63) is 16.6 Å². The molecule has 0 bridgehead atoms. The highest BCUT2D eigenvalue weighted by molar-refractivity contribution is 9.10. The van der Waals surface area contributed by atoms with Crippen molar-refractivity contribution < 1.29 is 18.8 Å². The Labute approximate surface area is 231 Å². The molecule has 1 saturated carbocycles. The van der Waals surface area contributed by atoms with E-state index in [2.05, 4.69) is 44.9 Å². The number of hydrogen-bond donors (Lipinski definition) is 1. The van der Waals surface area contributed by atoms with Crippen LogP contribution in [0.25, 0.3) is 0 Å². The van der Waals surface area contributed by atoms with E-state index in [0.717, 1.165) is 80.7 Å². The average Bonchev–Trinajstić information content (AvgIpc) is 3.33. The van der Waals surface area contributed by atoms with E-state index < -0.39 is 19.4 Å². The van der Waals surface area contributed by atoms with Crippen molar-refractivity contribution in [3.63, 3.8) is 0 Å². The largest absolute Gasteiger partial charge is 0.598 e. The molecule has 0 aromatic carbocycles. The lowest BCUT2D eigenvalue weighted by Crippen LogP contribution is -2.42. The Balaban J connectivity index is 1.57. The average molecular weight is 607 g/mol. The van der Waals surface area contributed by atoms with Gasteiger partial charge in [-0.25, -0.2) is 4.98 Å². The fraction of sp³-hybridized carbons (Fsp3) is 0.885. The molecule has 2 fully saturated rings. The molecule has 1 aromatic heterocycles. The van der Waals surface area contributed by atoms with Crippen LogP contribution in [0.3, 0.4) is 0 Å². The van der Waals surface area contributed by atoms with Crippen LogP contribution in [0, 0.1) is 5.92 Å². The summed E-state index contributed by atoms with van der Waals surface area (Å²) < 4.78 is 37.2. The normalized spacial score (nSPS) is 20.1. The lowest BCUT2D eigenvalue weighted by Gasteiger charge is -2.29. The third-order valence-electron chi connectivity index (χ3n) is 6.83. The van der Waals surface area contributed by atoms with Crippen molar-refractivity contribution in [2.75, 3.05) is 19.8 Å². The first-order valence-electron chi connectivity index (χ1n) is 13.6. The van der Waals surface area contributed by atoms with E-state index in [1.807, 2.05) is 27.0 Å². The molecule has 10 heteroatoms. The van der Waals surface area contributed by atoms with E-state index in [0.29, 0.717) is 6.73 Å². The number of aromatic nitrogens is 2. The van der Waals surface area contributed by atoms with Gasteiger partial charge in [0, 0.05) is 38.9 Å². The zero-order valence-electron chi connectivity index (χ0n) is 23.2. The minimum absolute atomic E-state index is 0.114. The summed E-state index contributed by atoms with van der Waals surface area (Å²) in [5.41, 5.74) is 0. The van der Waals surface area contributed by atoms with Crippen LogP contribution < -0.4 is 4.72 Å². The molecule has 2 atom stereocenters. The Bertz CT molecular complexity index is 804. The van der Waals surface area contributed by atoms with Crippen LogP contribution in [-0.4, -0.2) is 52.5 Å². The molecule has 1 saturated heterocycles. The number of halogens is 1. The third kappa shape index (κ3) is 9.98. The van der Waals surface area contributed by atoms with E-state index in [1.54, 1.807) is 0 Å². The number of nitrogens with zero attached hydrogens (tertiary/aromatic N) is 2. The molecule has 7 nitrogen and oxygen atoms in total. The monoisotopic (exact) mass is 605 g/mol. The molecule has 1 N–H and O–H groups in total. The summed E-state index contributed by atoms with van der Waals surface area (Å²) in [6.45, 7) is 15.7. The first kappa shape index (κ1) is 30.6. The van der Waals surface area contributed by atoms with Crippen LogP contribution in [0.2, 0.25) is 25.7 Å². The summed E-state index contributed by atoms with van der Waals surface area (Å²) >= 11 is 2.45. The van der Waals surface area contributed by atoms with Gasteiger partial charge in [-0.1, -0.05) is 32.5 Å². The highest BCUT2D eigenvalue weighted by atomic mass is 79.9. The quantitative estimate of drug-likeness (QED) is 0.131. The van der Waals surface area contributed by atoms with Crippen LogP contribution in [0.15, 0.2) is 10.8 Å². The molecule has 1 aliphatic carbocycles. The van der Waals surface area contributed by atoms with Gasteiger partial charge < -0.3 is 18.8 Å². The Morgan fingerprint density at radius 2 is 1.94 bits per heavy atom. The summed E-state index contributed by atoms with van der Waals surface area (Å²) in [5.74, 6) is 1.32. The second kappa shape index (κ2) is 13.4. The number of hydrogen-bond acceptors (Lipinski definition) is 6. The van der Waals surface area contributed by atoms with Crippen molar-refractivity contribution in [1.29, 1.82) is 0 Å². The van der Waals surface area contributed by atoms with E-state index in [-0.39, 0.29) is 16.6 Å². The van der Waals surface area contributed by atoms with Crippen molar-refractivity contribution in [2.24, 2.45) is 5.92 Å². The Hall–Kier alpha value is 0.0569. The molecular weight excluding hydrogens is 558 g/mol. The van der Waals surface area contributed by atoms with Gasteiger partial charge in [0.1, 0.15) is 27.9 Å². The van der Waals surface area contributed by atoms with Gasteiger partial charge in [-0.2, -0.15) is 0 Å². The Kier molecular flexibility index (Phi) is 11.4. The molecule has 1 unspecified atom stereocenters. The number of unbranched alkanes of at least 4 members (excludes halogenated alkanes) is 2. The van der Waals surface area contributed by atoms with Gasteiger partial charge in [-0.3, -0.25) is 4.57 Å². The minimum Gasteiger partial charge on any atom is -0.598 e. The predicted octanol–water partition coefficient (Wildman–Crippen LogP) is 6.54. The van der Waals surface area contributed by atoms with Crippen molar-refractivity contribution in [2.45, 2.75) is 121 Å². The van der Waals surface area contributed by atoms with Crippen LogP contribution >= 0.6 is 15.9 Å². The number of ether oxygens (including phenoxy) is 3. The highest BCUT2D eigenvalue weighted by Crippen LogP contribution is 2.42. The molecule has 1 aliphatic heterocycles. The van der Waals surface area contributed by atoms with Gasteiger partial charge in [0.25, 0.3) is 0 Å². The molecule has 208 valence electrons. The maximum Gasteiger partial charge on any atom is 0.168 e. The lowest BCUT2D eigenvalue weighted by atomic mass is 10.00. The summed E-state index contributed by atoms with van der Waals surface area (Å²) in [6.07, 6.45) is 10.5. The standard InChI is InChI=1S/C26H48BrN3O4SSi/c1-25(2,3)35(31)29-22(24-28-19-23(27)30(24)20-32-16-17-36(4,5)6)10-8-7-9-13-26(18-21-11-12-21)33-14-15-34-26/h19,21-22,29H,7-18,20H2,1-6H3/t22-,35?/m0/s1. The second-order valence-corrected chi connectivity index (χ2v) is 21.1. The van der Waals surface area contributed by atoms with E-state index in [4.69, 9.17) is 19.2 Å². The minimum atomic E-state index is -1.20. The lowest BCUT2D eigenvalue weighted by molar-refractivity contribution is -0.170. The molecule has 2 aliphatic rings. The van der Waals surface area contributed by atoms with Gasteiger partial charge in [-0.05, 0) is 74.3 Å². The van der Waals surface area contributed by atoms with Crippen LogP contribution in [0.4, 0.5) is 0 Å². The maximum absolute atomic E-state index is 13.0. The first-order chi connectivity index (χ1) is 16.9. The summed E-state index contributed by atoms with van der Waals surface area (Å²) in [5, 5.41) is 0. The fourth-order valence-corrected chi connectivity index (χ4v) is 6.38. The van der Waals surface area contributed by atoms with E-state index in [9.17, 15) is 4.55 Å². The Morgan fingerprint density at radius 1 is 1.25 bits per heavy atom. The summed E-state index contributed by atoms with van der Waals surface area (Å²) in [6, 6.07) is 1.01. The maximum atomic E-state index is 13.0. The smallest absolute Gasteiger partial charge is 0.168 e. The SMILES string of the molecule is CC(C)(C)[S+]([O-])N[C@@H](CCCCCC1(CC2CC2)OCCO1)c1ncc(Br)n1COCC[Si](C)(C)C. The molecule has 3 rings (SSSR count). The molecule has 2 heterocycles. The third-order valence-corrected chi connectivity index (χ3v) is 10.8. The van der Waals surface area contributed by atoms with Gasteiger partial charge in [-0.15, -0.1) is 4.72 Å². The molecule has 36 heavy (non-hydrogen) atoms. The topological polar surface area (TPSA) is 80.6 Å². The Morgan fingerprint density at radius 3 is 2.56 bits per heavy atom. The molecule has 1 aromatic rings. The summed E-state index contributed by atoms with van der Waals surface area (Å²) in [4.78, 5) is 4.70. The van der Waals surface area contributed by atoms with Crippen molar-refractivity contribution in [3.8, 4) is 0 Å². The van der Waals surface area contributed by atoms with Crippen LogP contribution in [0.1, 0.15) is 84.0 Å². The zero-order valence-corrected chi connectivity index (χ0v) is 26.6. The number of nitrogens with one attached hydrogen (secondary N) is 1. The van der Waals surface area contributed by atoms with Gasteiger partial charge in [0.2, 0.25) is 0 Å². The molecule has 0 radical (unpaired) electrons. The first-order valence-corrected chi connectivity index (χ1v) is 19.3. The van der Waals surface area contributed by atoms with Gasteiger partial charge in [0.15, 0.2) is 5.79 Å². The number of rotatable bonds is 16. The number of imidazole rings is 1. The molecular formula is C26H48BrN3O4SSi. The van der Waals surface area contributed by atoms with Crippen LogP contribution in [0.5, 0.6) is 0 Å². The fourth-order valence-electron chi connectivity index (χ4n) is 4.40. The van der Waals surface area contributed by atoms with E-state index in [1.165, 1.54) is 12.8 Å². The molecule has 0 amide bonds.